The van der Waals surface area contributed by atoms with Crippen LogP contribution >= 0.6 is 0 Å². The first-order chi connectivity index (χ1) is 18.8. The quantitative estimate of drug-likeness (QED) is 0.228. The van der Waals surface area contributed by atoms with Gasteiger partial charge < -0.3 is 19.5 Å². The van der Waals surface area contributed by atoms with Crippen LogP contribution in [0.2, 0.25) is 0 Å². The third-order valence-electron chi connectivity index (χ3n) is 8.02. The van der Waals surface area contributed by atoms with Crippen molar-refractivity contribution in [3.8, 4) is 0 Å². The Balaban J connectivity index is 1.02. The molecule has 4 aromatic carbocycles. The molecule has 1 N–H and O–H groups in total. The van der Waals surface area contributed by atoms with Gasteiger partial charge in [-0.3, -0.25) is 0 Å². The Kier molecular flexibility index (Phi) is 8.13. The standard InChI is InChI=1S/C34H37NO3/c1-2-6-25(7-3-1)22-36-18-19-37-23-26-10-14-29(15-11-26)32-21-31-16-17-33(35-31)34(32)38-24-27-12-13-28-8-4-5-9-30(28)20-27/h1-15,20,31-35H,16-19,21-24H2. The Labute approximate surface area is 225 Å². The molecule has 38 heavy (non-hydrogen) atoms. The molecule has 2 aliphatic rings. The average molecular weight is 508 g/mol. The molecule has 0 saturated carbocycles. The number of nitrogens with one attached hydrogen (secondary N) is 1. The van der Waals surface area contributed by atoms with Crippen molar-refractivity contribution in [1.82, 2.24) is 5.32 Å². The van der Waals surface area contributed by atoms with Gasteiger partial charge in [0.1, 0.15) is 0 Å². The highest BCUT2D eigenvalue weighted by atomic mass is 16.5. The van der Waals surface area contributed by atoms with Gasteiger partial charge in [-0.2, -0.15) is 0 Å². The molecule has 2 heterocycles. The van der Waals surface area contributed by atoms with Crippen molar-refractivity contribution in [3.63, 3.8) is 0 Å². The number of rotatable bonds is 11. The normalized spacial score (nSPS) is 22.6. The second kappa shape index (κ2) is 12.2. The van der Waals surface area contributed by atoms with Gasteiger partial charge in [0.2, 0.25) is 0 Å². The van der Waals surface area contributed by atoms with E-state index in [-0.39, 0.29) is 6.10 Å². The van der Waals surface area contributed by atoms with Crippen LogP contribution in [-0.4, -0.2) is 31.4 Å². The first-order valence-corrected chi connectivity index (χ1v) is 14.0. The first kappa shape index (κ1) is 25.3. The molecular formula is C34H37NO3. The minimum Gasteiger partial charge on any atom is -0.374 e. The van der Waals surface area contributed by atoms with Gasteiger partial charge in [-0.25, -0.2) is 0 Å². The van der Waals surface area contributed by atoms with Crippen molar-refractivity contribution in [2.24, 2.45) is 0 Å². The van der Waals surface area contributed by atoms with E-state index in [1.54, 1.807) is 0 Å². The van der Waals surface area contributed by atoms with Gasteiger partial charge in [-0.05, 0) is 58.4 Å². The zero-order valence-electron chi connectivity index (χ0n) is 21.9. The highest BCUT2D eigenvalue weighted by Crippen LogP contribution is 2.39. The van der Waals surface area contributed by atoms with Crippen LogP contribution < -0.4 is 5.32 Å². The topological polar surface area (TPSA) is 39.7 Å². The van der Waals surface area contributed by atoms with Gasteiger partial charge in [0.05, 0.1) is 39.1 Å². The van der Waals surface area contributed by atoms with Gasteiger partial charge >= 0.3 is 0 Å². The fourth-order valence-corrected chi connectivity index (χ4v) is 6.03. The van der Waals surface area contributed by atoms with Crippen LogP contribution in [0.5, 0.6) is 0 Å². The van der Waals surface area contributed by atoms with Crippen LogP contribution in [0.25, 0.3) is 10.8 Å². The Morgan fingerprint density at radius 1 is 0.632 bits per heavy atom. The second-order valence-electron chi connectivity index (χ2n) is 10.7. The molecule has 0 aromatic heterocycles. The van der Waals surface area contributed by atoms with E-state index < -0.39 is 0 Å². The zero-order chi connectivity index (χ0) is 25.6. The van der Waals surface area contributed by atoms with E-state index in [1.807, 2.05) is 18.2 Å². The van der Waals surface area contributed by atoms with Gasteiger partial charge in [-0.15, -0.1) is 0 Å². The number of hydrogen-bond acceptors (Lipinski definition) is 4. The SMILES string of the molecule is c1ccc(COCCOCc2ccc(C3CC4CCC(N4)C3OCc3ccc4ccccc4c3)cc2)cc1. The van der Waals surface area contributed by atoms with Gasteiger partial charge in [0, 0.05) is 18.0 Å². The van der Waals surface area contributed by atoms with Crippen molar-refractivity contribution in [1.29, 1.82) is 0 Å². The summed E-state index contributed by atoms with van der Waals surface area (Å²) in [7, 11) is 0. The number of fused-ring (bicyclic) bond motifs is 3. The van der Waals surface area contributed by atoms with Crippen molar-refractivity contribution in [2.45, 2.75) is 63.2 Å². The maximum absolute atomic E-state index is 6.68. The summed E-state index contributed by atoms with van der Waals surface area (Å²) >= 11 is 0. The minimum absolute atomic E-state index is 0.184. The molecule has 4 aromatic rings. The fourth-order valence-electron chi connectivity index (χ4n) is 6.03. The number of ether oxygens (including phenoxy) is 3. The molecule has 4 atom stereocenters. The molecule has 4 unspecified atom stereocenters. The third kappa shape index (κ3) is 6.16. The summed E-state index contributed by atoms with van der Waals surface area (Å²) in [5.41, 5.74) is 5.00. The summed E-state index contributed by atoms with van der Waals surface area (Å²) in [5, 5.41) is 6.36. The Morgan fingerprint density at radius 2 is 1.32 bits per heavy atom. The van der Waals surface area contributed by atoms with Crippen LogP contribution in [0, 0.1) is 0 Å². The molecule has 2 aliphatic heterocycles. The van der Waals surface area contributed by atoms with Crippen LogP contribution in [0.3, 0.4) is 0 Å². The highest BCUT2D eigenvalue weighted by Gasteiger charge is 2.42. The lowest BCUT2D eigenvalue weighted by atomic mass is 9.83. The smallest absolute Gasteiger partial charge is 0.0801 e. The summed E-state index contributed by atoms with van der Waals surface area (Å²) in [4.78, 5) is 0. The molecule has 196 valence electrons. The molecule has 2 bridgehead atoms. The fraction of sp³-hybridized carbons (Fsp3) is 0.353. The van der Waals surface area contributed by atoms with E-state index in [0.29, 0.717) is 51.0 Å². The Morgan fingerprint density at radius 3 is 2.11 bits per heavy atom. The molecule has 2 fully saturated rings. The van der Waals surface area contributed by atoms with Gasteiger partial charge in [0.15, 0.2) is 0 Å². The van der Waals surface area contributed by atoms with E-state index in [9.17, 15) is 0 Å². The largest absolute Gasteiger partial charge is 0.374 e. The second-order valence-corrected chi connectivity index (χ2v) is 10.7. The molecular weight excluding hydrogens is 470 g/mol. The van der Waals surface area contributed by atoms with Crippen molar-refractivity contribution in [3.05, 3.63) is 119 Å². The average Bonchev–Trinajstić information content (AvgIpc) is 3.36. The molecule has 6 rings (SSSR count). The molecule has 0 radical (unpaired) electrons. The maximum atomic E-state index is 6.68. The van der Waals surface area contributed by atoms with Crippen molar-refractivity contribution >= 4 is 10.8 Å². The van der Waals surface area contributed by atoms with Crippen LogP contribution in [-0.2, 0) is 34.0 Å². The molecule has 4 heteroatoms. The van der Waals surface area contributed by atoms with Crippen LogP contribution in [0.1, 0.15) is 47.4 Å². The molecule has 0 amide bonds. The third-order valence-corrected chi connectivity index (χ3v) is 8.02. The van der Waals surface area contributed by atoms with Gasteiger partial charge in [0.25, 0.3) is 0 Å². The lowest BCUT2D eigenvalue weighted by Gasteiger charge is -2.38. The summed E-state index contributed by atoms with van der Waals surface area (Å²) < 4.78 is 18.3. The lowest BCUT2D eigenvalue weighted by Crippen LogP contribution is -2.49. The van der Waals surface area contributed by atoms with Crippen molar-refractivity contribution < 1.29 is 14.2 Å². The number of hydrogen-bond donors (Lipinski definition) is 1. The van der Waals surface area contributed by atoms with E-state index in [1.165, 1.54) is 45.9 Å². The molecule has 0 aliphatic carbocycles. The Bertz CT molecular complexity index is 1310. The minimum atomic E-state index is 0.184. The first-order valence-electron chi connectivity index (χ1n) is 14.0. The van der Waals surface area contributed by atoms with E-state index in [2.05, 4.69) is 84.2 Å². The highest BCUT2D eigenvalue weighted by molar-refractivity contribution is 5.82. The molecule has 4 nitrogen and oxygen atoms in total. The summed E-state index contributed by atoms with van der Waals surface area (Å²) in [5.74, 6) is 0.413. The number of benzene rings is 4. The van der Waals surface area contributed by atoms with E-state index >= 15 is 0 Å². The molecule has 0 spiro atoms. The molecule has 2 saturated heterocycles. The summed E-state index contributed by atoms with van der Waals surface area (Å²) in [6, 6.07) is 35.5. The van der Waals surface area contributed by atoms with Crippen LogP contribution in [0.15, 0.2) is 97.1 Å². The predicted molar refractivity (Wildman–Crippen MR) is 152 cm³/mol. The van der Waals surface area contributed by atoms with Crippen molar-refractivity contribution in [2.75, 3.05) is 13.2 Å². The monoisotopic (exact) mass is 507 g/mol. The van der Waals surface area contributed by atoms with Crippen LogP contribution in [0.4, 0.5) is 0 Å². The Hall–Kier alpha value is -3.02. The number of piperidine rings is 1. The van der Waals surface area contributed by atoms with E-state index in [0.717, 1.165) is 6.42 Å². The van der Waals surface area contributed by atoms with Gasteiger partial charge in [-0.1, -0.05) is 91.0 Å². The summed E-state index contributed by atoms with van der Waals surface area (Å²) in [6.45, 7) is 3.07. The maximum Gasteiger partial charge on any atom is 0.0801 e. The zero-order valence-corrected chi connectivity index (χ0v) is 21.9. The predicted octanol–water partition coefficient (Wildman–Crippen LogP) is 6.77. The summed E-state index contributed by atoms with van der Waals surface area (Å²) in [6.07, 6.45) is 3.76. The van der Waals surface area contributed by atoms with E-state index in [4.69, 9.17) is 14.2 Å². The lowest BCUT2D eigenvalue weighted by molar-refractivity contribution is -0.0133.